The summed E-state index contributed by atoms with van der Waals surface area (Å²) in [6.45, 7) is 4.38. The van der Waals surface area contributed by atoms with Gasteiger partial charge in [-0.05, 0) is 66.3 Å². The van der Waals surface area contributed by atoms with Crippen LogP contribution in [0.1, 0.15) is 42.9 Å². The molecule has 6 rings (SSSR count). The molecule has 1 saturated heterocycles. The first kappa shape index (κ1) is 25.4. The van der Waals surface area contributed by atoms with Gasteiger partial charge in [-0.15, -0.1) is 0 Å². The minimum absolute atomic E-state index is 0.0233. The number of pyridine rings is 1. The topological polar surface area (TPSA) is 75.2 Å². The molecule has 8 nitrogen and oxygen atoms in total. The van der Waals surface area contributed by atoms with E-state index >= 15 is 0 Å². The van der Waals surface area contributed by atoms with Crippen LogP contribution < -0.4 is 14.4 Å². The van der Waals surface area contributed by atoms with Crippen LogP contribution in [0.5, 0.6) is 11.5 Å². The number of fused-ring (bicyclic) bond motifs is 4. The van der Waals surface area contributed by atoms with Crippen molar-refractivity contribution in [1.29, 1.82) is 0 Å². The van der Waals surface area contributed by atoms with Crippen molar-refractivity contribution in [2.45, 2.75) is 57.8 Å². The predicted octanol–water partition coefficient (Wildman–Crippen LogP) is 4.17. The Morgan fingerprint density at radius 3 is 2.56 bits per heavy atom. The van der Waals surface area contributed by atoms with Gasteiger partial charge in [0, 0.05) is 63.3 Å². The van der Waals surface area contributed by atoms with E-state index < -0.39 is 0 Å². The second-order valence-electron chi connectivity index (χ2n) is 10.6. The smallest absolute Gasteiger partial charge is 0.231 e. The van der Waals surface area contributed by atoms with Gasteiger partial charge in [0.2, 0.25) is 18.6 Å². The van der Waals surface area contributed by atoms with Crippen molar-refractivity contribution < 1.29 is 19.1 Å². The SMILES string of the molecule is CC(=O)N1CCC2CCC(CN(C(=O)Cc3ccc4c(c3)OCO4)Cc3ccccc31)N2Cc1ccncc1. The van der Waals surface area contributed by atoms with Crippen LogP contribution >= 0.6 is 0 Å². The third-order valence-electron chi connectivity index (χ3n) is 8.17. The van der Waals surface area contributed by atoms with Gasteiger partial charge in [0.1, 0.15) is 0 Å². The molecule has 3 aliphatic heterocycles. The van der Waals surface area contributed by atoms with E-state index in [1.165, 1.54) is 5.56 Å². The maximum atomic E-state index is 13.9. The molecule has 1 fully saturated rings. The molecule has 2 aromatic carbocycles. The van der Waals surface area contributed by atoms with Gasteiger partial charge in [-0.25, -0.2) is 0 Å². The Labute approximate surface area is 229 Å². The number of nitrogens with zero attached hydrogens (tertiary/aromatic N) is 4. The van der Waals surface area contributed by atoms with Crippen LogP contribution in [0.2, 0.25) is 0 Å². The third kappa shape index (κ3) is 5.47. The number of rotatable bonds is 4. The van der Waals surface area contributed by atoms with Gasteiger partial charge in [0.05, 0.1) is 6.42 Å². The minimum atomic E-state index is 0.0233. The highest BCUT2D eigenvalue weighted by Crippen LogP contribution is 2.34. The summed E-state index contributed by atoms with van der Waals surface area (Å²) in [5.74, 6) is 1.48. The lowest BCUT2D eigenvalue weighted by atomic mass is 10.1. The fraction of sp³-hybridized carbons (Fsp3) is 0.387. The number of aromatic nitrogens is 1. The number of ether oxygens (including phenoxy) is 2. The Morgan fingerprint density at radius 2 is 1.72 bits per heavy atom. The summed E-state index contributed by atoms with van der Waals surface area (Å²) in [5, 5.41) is 0. The van der Waals surface area contributed by atoms with E-state index in [2.05, 4.69) is 22.0 Å². The Bertz CT molecular complexity index is 1350. The van der Waals surface area contributed by atoms with Gasteiger partial charge < -0.3 is 19.3 Å². The van der Waals surface area contributed by atoms with E-state index in [1.807, 2.05) is 64.7 Å². The maximum absolute atomic E-state index is 13.9. The van der Waals surface area contributed by atoms with Crippen molar-refractivity contribution >= 4 is 17.5 Å². The number of anilines is 1. The number of amides is 2. The average molecular weight is 527 g/mol. The van der Waals surface area contributed by atoms with E-state index in [4.69, 9.17) is 9.47 Å². The second-order valence-corrected chi connectivity index (χ2v) is 10.6. The third-order valence-corrected chi connectivity index (χ3v) is 8.17. The molecule has 2 bridgehead atoms. The molecule has 2 unspecified atom stereocenters. The van der Waals surface area contributed by atoms with Gasteiger partial charge >= 0.3 is 0 Å². The normalized spacial score (nSPS) is 20.8. The first-order chi connectivity index (χ1) is 19.0. The molecule has 39 heavy (non-hydrogen) atoms. The van der Waals surface area contributed by atoms with E-state index in [0.29, 0.717) is 37.2 Å². The van der Waals surface area contributed by atoms with E-state index in [1.54, 1.807) is 6.92 Å². The van der Waals surface area contributed by atoms with Crippen molar-refractivity contribution in [3.63, 3.8) is 0 Å². The summed E-state index contributed by atoms with van der Waals surface area (Å²) in [7, 11) is 0. The van der Waals surface area contributed by atoms with Gasteiger partial charge in [0.25, 0.3) is 0 Å². The lowest BCUT2D eigenvalue weighted by Crippen LogP contribution is -2.45. The number of hydrogen-bond donors (Lipinski definition) is 0. The molecular formula is C31H34N4O4. The molecule has 8 heteroatoms. The van der Waals surface area contributed by atoms with Crippen LogP contribution in [0.3, 0.4) is 0 Å². The zero-order chi connectivity index (χ0) is 26.8. The van der Waals surface area contributed by atoms with Crippen LogP contribution in [0.15, 0.2) is 67.0 Å². The van der Waals surface area contributed by atoms with Gasteiger partial charge in [-0.2, -0.15) is 0 Å². The predicted molar refractivity (Wildman–Crippen MR) is 147 cm³/mol. The van der Waals surface area contributed by atoms with Crippen LogP contribution in [0.25, 0.3) is 0 Å². The summed E-state index contributed by atoms with van der Waals surface area (Å²) in [6, 6.07) is 18.4. The van der Waals surface area contributed by atoms with E-state index in [9.17, 15) is 9.59 Å². The average Bonchev–Trinajstić information content (AvgIpc) is 3.55. The molecule has 3 aliphatic rings. The van der Waals surface area contributed by atoms with Crippen molar-refractivity contribution in [2.75, 3.05) is 24.8 Å². The zero-order valence-electron chi connectivity index (χ0n) is 22.3. The van der Waals surface area contributed by atoms with Crippen molar-refractivity contribution in [2.24, 2.45) is 0 Å². The molecule has 0 N–H and O–H groups in total. The van der Waals surface area contributed by atoms with Crippen LogP contribution in [-0.2, 0) is 29.1 Å². The van der Waals surface area contributed by atoms with Crippen LogP contribution in [-0.4, -0.2) is 58.6 Å². The number of benzene rings is 2. The molecule has 1 aromatic heterocycles. The summed E-state index contributed by atoms with van der Waals surface area (Å²) in [6.07, 6.45) is 6.90. The van der Waals surface area contributed by atoms with Crippen molar-refractivity contribution in [3.05, 3.63) is 83.7 Å². The molecule has 4 heterocycles. The van der Waals surface area contributed by atoms with Gasteiger partial charge in [-0.3, -0.25) is 19.5 Å². The first-order valence-corrected chi connectivity index (χ1v) is 13.7. The van der Waals surface area contributed by atoms with Crippen molar-refractivity contribution in [3.8, 4) is 11.5 Å². The standard InChI is InChI=1S/C31H34N4O4/c1-22(36)34-15-12-26-7-8-27(35(26)18-23-10-13-32-14-11-23)20-33(19-25-4-2-3-5-28(25)34)31(37)17-24-6-9-29-30(16-24)39-21-38-29/h2-6,9-11,13-14,16,26-27H,7-8,12,15,17-21H2,1H3. The lowest BCUT2D eigenvalue weighted by molar-refractivity contribution is -0.132. The highest BCUT2D eigenvalue weighted by atomic mass is 16.7. The second kappa shape index (κ2) is 11.1. The maximum Gasteiger partial charge on any atom is 0.231 e. The summed E-state index contributed by atoms with van der Waals surface area (Å²) < 4.78 is 11.0. The van der Waals surface area contributed by atoms with Crippen LogP contribution in [0.4, 0.5) is 5.69 Å². The highest BCUT2D eigenvalue weighted by molar-refractivity contribution is 5.92. The minimum Gasteiger partial charge on any atom is -0.454 e. The summed E-state index contributed by atoms with van der Waals surface area (Å²) in [4.78, 5) is 37.4. The van der Waals surface area contributed by atoms with Crippen LogP contribution in [0, 0.1) is 0 Å². The summed E-state index contributed by atoms with van der Waals surface area (Å²) >= 11 is 0. The number of carbonyl (C=O) groups excluding carboxylic acids is 2. The van der Waals surface area contributed by atoms with E-state index in [0.717, 1.165) is 42.6 Å². The molecule has 0 radical (unpaired) electrons. The lowest BCUT2D eigenvalue weighted by Gasteiger charge is -2.34. The molecule has 202 valence electrons. The zero-order valence-corrected chi connectivity index (χ0v) is 22.3. The quantitative estimate of drug-likeness (QED) is 0.508. The van der Waals surface area contributed by atoms with E-state index in [-0.39, 0.29) is 31.1 Å². The summed E-state index contributed by atoms with van der Waals surface area (Å²) in [5.41, 5.74) is 3.99. The Hall–Kier alpha value is -3.91. The Morgan fingerprint density at radius 1 is 0.923 bits per heavy atom. The van der Waals surface area contributed by atoms with Gasteiger partial charge in [-0.1, -0.05) is 24.3 Å². The van der Waals surface area contributed by atoms with Crippen molar-refractivity contribution in [1.82, 2.24) is 14.8 Å². The molecule has 0 spiro atoms. The number of hydrogen-bond acceptors (Lipinski definition) is 6. The molecule has 3 aromatic rings. The number of para-hydroxylation sites is 1. The molecular weight excluding hydrogens is 492 g/mol. The fourth-order valence-corrected chi connectivity index (χ4v) is 6.16. The Balaban J connectivity index is 1.33. The molecule has 2 amide bonds. The monoisotopic (exact) mass is 526 g/mol. The molecule has 0 saturated carbocycles. The largest absolute Gasteiger partial charge is 0.454 e. The first-order valence-electron chi connectivity index (χ1n) is 13.7. The molecule has 0 aliphatic carbocycles. The number of carbonyl (C=O) groups is 2. The molecule has 2 atom stereocenters. The highest BCUT2D eigenvalue weighted by Gasteiger charge is 2.36. The fourth-order valence-electron chi connectivity index (χ4n) is 6.16. The van der Waals surface area contributed by atoms with Gasteiger partial charge in [0.15, 0.2) is 11.5 Å². The Kier molecular flexibility index (Phi) is 7.20.